The summed E-state index contributed by atoms with van der Waals surface area (Å²) in [6.07, 6.45) is 1.07. The first kappa shape index (κ1) is 14.2. The Bertz CT molecular complexity index is 458. The van der Waals surface area contributed by atoms with Crippen LogP contribution in [0.3, 0.4) is 0 Å². The number of benzene rings is 1. The van der Waals surface area contributed by atoms with E-state index in [2.05, 4.69) is 4.90 Å². The molecular formula is C14H18ClNO3. The van der Waals surface area contributed by atoms with Crippen molar-refractivity contribution in [2.75, 3.05) is 24.6 Å². The molecule has 0 radical (unpaired) electrons. The van der Waals surface area contributed by atoms with Crippen LogP contribution in [0.4, 0.5) is 5.69 Å². The van der Waals surface area contributed by atoms with E-state index in [1.54, 1.807) is 19.1 Å². The van der Waals surface area contributed by atoms with Crippen LogP contribution in [0.15, 0.2) is 18.2 Å². The van der Waals surface area contributed by atoms with E-state index in [0.717, 1.165) is 18.8 Å². The fraction of sp³-hybridized carbons (Fsp3) is 0.500. The van der Waals surface area contributed by atoms with E-state index in [1.165, 1.54) is 12.8 Å². The van der Waals surface area contributed by atoms with Crippen molar-refractivity contribution in [1.82, 2.24) is 0 Å². The van der Waals surface area contributed by atoms with Crippen molar-refractivity contribution in [1.29, 1.82) is 0 Å². The summed E-state index contributed by atoms with van der Waals surface area (Å²) in [5.74, 6) is -0.646. The number of ether oxygens (including phenoxy) is 1. The normalized spacial score (nSPS) is 16.5. The van der Waals surface area contributed by atoms with Crippen molar-refractivity contribution >= 4 is 23.3 Å². The lowest BCUT2D eigenvalue weighted by molar-refractivity contribution is -0.153. The lowest BCUT2D eigenvalue weighted by atomic mass is 10.1. The summed E-state index contributed by atoms with van der Waals surface area (Å²) in [7, 11) is 0. The molecule has 1 aromatic rings. The quantitative estimate of drug-likeness (QED) is 0.863. The van der Waals surface area contributed by atoms with Crippen LogP contribution in [-0.2, 0) is 9.53 Å². The van der Waals surface area contributed by atoms with Gasteiger partial charge in [-0.1, -0.05) is 17.7 Å². The highest BCUT2D eigenvalue weighted by molar-refractivity contribution is 6.33. The summed E-state index contributed by atoms with van der Waals surface area (Å²) >= 11 is 6.23. The maximum absolute atomic E-state index is 11.5. The molecule has 0 spiro atoms. The average Bonchev–Trinajstić information content (AvgIpc) is 2.91. The molecule has 1 aliphatic rings. The molecule has 0 amide bonds. The van der Waals surface area contributed by atoms with Crippen LogP contribution >= 0.6 is 11.6 Å². The van der Waals surface area contributed by atoms with Crippen molar-refractivity contribution < 1.29 is 14.6 Å². The van der Waals surface area contributed by atoms with Crippen LogP contribution in [0.1, 0.15) is 31.4 Å². The first-order valence-electron chi connectivity index (χ1n) is 6.52. The van der Waals surface area contributed by atoms with Gasteiger partial charge in [0, 0.05) is 13.1 Å². The Morgan fingerprint density at radius 1 is 1.47 bits per heavy atom. The number of carbonyl (C=O) groups is 1. The number of rotatable bonds is 4. The van der Waals surface area contributed by atoms with Crippen LogP contribution in [0.25, 0.3) is 0 Å². The number of hydrogen-bond donors (Lipinski definition) is 1. The van der Waals surface area contributed by atoms with Gasteiger partial charge in [-0.3, -0.25) is 0 Å². The van der Waals surface area contributed by atoms with E-state index >= 15 is 0 Å². The second kappa shape index (κ2) is 6.26. The Morgan fingerprint density at radius 3 is 2.74 bits per heavy atom. The molecule has 1 saturated heterocycles. The van der Waals surface area contributed by atoms with Gasteiger partial charge in [0.1, 0.15) is 0 Å². The van der Waals surface area contributed by atoms with Gasteiger partial charge < -0.3 is 14.7 Å². The summed E-state index contributed by atoms with van der Waals surface area (Å²) in [5.41, 5.74) is 1.42. The van der Waals surface area contributed by atoms with Gasteiger partial charge in [0.05, 0.1) is 17.3 Å². The Hall–Kier alpha value is -1.26. The molecule has 1 atom stereocenters. The van der Waals surface area contributed by atoms with Gasteiger partial charge in [-0.25, -0.2) is 4.79 Å². The minimum atomic E-state index is -1.27. The van der Waals surface area contributed by atoms with Gasteiger partial charge in [-0.15, -0.1) is 0 Å². The summed E-state index contributed by atoms with van der Waals surface area (Å²) in [4.78, 5) is 13.7. The molecule has 1 aliphatic heterocycles. The molecule has 1 unspecified atom stereocenters. The van der Waals surface area contributed by atoms with Gasteiger partial charge in [0.15, 0.2) is 6.10 Å². The van der Waals surface area contributed by atoms with E-state index in [0.29, 0.717) is 10.6 Å². The zero-order valence-corrected chi connectivity index (χ0v) is 11.7. The number of anilines is 1. The summed E-state index contributed by atoms with van der Waals surface area (Å²) in [6.45, 7) is 3.95. The Balaban J connectivity index is 2.16. The largest absolute Gasteiger partial charge is 0.464 e. The molecule has 5 heteroatoms. The fourth-order valence-corrected chi connectivity index (χ4v) is 2.57. The summed E-state index contributed by atoms with van der Waals surface area (Å²) in [6, 6.07) is 5.21. The number of hydrogen-bond acceptors (Lipinski definition) is 4. The van der Waals surface area contributed by atoms with Gasteiger partial charge in [0.2, 0.25) is 0 Å². The van der Waals surface area contributed by atoms with Crippen LogP contribution in [0.2, 0.25) is 5.02 Å². The third-order valence-electron chi connectivity index (χ3n) is 3.24. The molecule has 0 saturated carbocycles. The smallest absolute Gasteiger partial charge is 0.339 e. The zero-order chi connectivity index (χ0) is 13.8. The van der Waals surface area contributed by atoms with Crippen molar-refractivity contribution in [3.63, 3.8) is 0 Å². The van der Waals surface area contributed by atoms with Gasteiger partial charge in [-0.2, -0.15) is 0 Å². The molecule has 1 fully saturated rings. The first-order valence-corrected chi connectivity index (χ1v) is 6.90. The standard InChI is InChI=1S/C14H18ClNO3/c1-2-19-14(18)13(17)10-5-6-12(11(15)9-10)16-7-3-4-8-16/h5-6,9,13,17H,2-4,7-8H2,1H3. The lowest BCUT2D eigenvalue weighted by Crippen LogP contribution is -2.19. The predicted octanol–water partition coefficient (Wildman–Crippen LogP) is 2.54. The Morgan fingerprint density at radius 2 is 2.16 bits per heavy atom. The van der Waals surface area contributed by atoms with Crippen molar-refractivity contribution in [3.8, 4) is 0 Å². The van der Waals surface area contributed by atoms with Gasteiger partial charge >= 0.3 is 5.97 Å². The number of carbonyl (C=O) groups excluding carboxylic acids is 1. The molecule has 104 valence electrons. The van der Waals surface area contributed by atoms with Crippen molar-refractivity contribution in [3.05, 3.63) is 28.8 Å². The third-order valence-corrected chi connectivity index (χ3v) is 3.55. The highest BCUT2D eigenvalue weighted by atomic mass is 35.5. The molecule has 0 bridgehead atoms. The first-order chi connectivity index (χ1) is 9.13. The lowest BCUT2D eigenvalue weighted by Gasteiger charge is -2.20. The average molecular weight is 284 g/mol. The van der Waals surface area contributed by atoms with E-state index < -0.39 is 12.1 Å². The topological polar surface area (TPSA) is 49.8 Å². The van der Waals surface area contributed by atoms with E-state index in [1.807, 2.05) is 6.07 Å². The fourth-order valence-electron chi connectivity index (χ4n) is 2.26. The number of nitrogens with zero attached hydrogens (tertiary/aromatic N) is 1. The van der Waals surface area contributed by atoms with Crippen LogP contribution in [-0.4, -0.2) is 30.8 Å². The maximum atomic E-state index is 11.5. The van der Waals surface area contributed by atoms with E-state index in [4.69, 9.17) is 16.3 Å². The predicted molar refractivity (Wildman–Crippen MR) is 74.5 cm³/mol. The van der Waals surface area contributed by atoms with Crippen LogP contribution in [0, 0.1) is 0 Å². The Kier molecular flexibility index (Phi) is 4.66. The number of esters is 1. The minimum absolute atomic E-state index is 0.246. The number of halogens is 1. The summed E-state index contributed by atoms with van der Waals surface area (Å²) in [5, 5.41) is 10.4. The molecule has 19 heavy (non-hydrogen) atoms. The van der Waals surface area contributed by atoms with E-state index in [-0.39, 0.29) is 6.61 Å². The van der Waals surface area contributed by atoms with Crippen LogP contribution in [0.5, 0.6) is 0 Å². The van der Waals surface area contributed by atoms with Gasteiger partial charge in [0.25, 0.3) is 0 Å². The molecule has 4 nitrogen and oxygen atoms in total. The van der Waals surface area contributed by atoms with Crippen molar-refractivity contribution in [2.24, 2.45) is 0 Å². The van der Waals surface area contributed by atoms with E-state index in [9.17, 15) is 9.90 Å². The third kappa shape index (κ3) is 3.19. The monoisotopic (exact) mass is 283 g/mol. The highest BCUT2D eigenvalue weighted by Crippen LogP contribution is 2.31. The van der Waals surface area contributed by atoms with Gasteiger partial charge in [-0.05, 0) is 37.5 Å². The maximum Gasteiger partial charge on any atom is 0.339 e. The summed E-state index contributed by atoms with van der Waals surface area (Å²) < 4.78 is 4.79. The molecule has 1 aromatic carbocycles. The molecule has 1 N–H and O–H groups in total. The second-order valence-corrected chi connectivity index (χ2v) is 4.97. The minimum Gasteiger partial charge on any atom is -0.464 e. The molecule has 0 aliphatic carbocycles. The molecule has 1 heterocycles. The van der Waals surface area contributed by atoms with Crippen LogP contribution < -0.4 is 4.90 Å². The second-order valence-electron chi connectivity index (χ2n) is 4.56. The highest BCUT2D eigenvalue weighted by Gasteiger charge is 2.21. The zero-order valence-electron chi connectivity index (χ0n) is 10.9. The molecular weight excluding hydrogens is 266 g/mol. The molecule has 0 aromatic heterocycles. The van der Waals surface area contributed by atoms with Crippen molar-refractivity contribution in [2.45, 2.75) is 25.9 Å². The number of aliphatic hydroxyl groups is 1. The molecule has 2 rings (SSSR count). The Labute approximate surface area is 117 Å². The number of aliphatic hydroxyl groups excluding tert-OH is 1. The SMILES string of the molecule is CCOC(=O)C(O)c1ccc(N2CCCC2)c(Cl)c1.